The predicted molar refractivity (Wildman–Crippen MR) is 108 cm³/mol. The number of carbonyl (C=O) groups is 1. The number of nitrogens with zero attached hydrogens (tertiary/aromatic N) is 6. The van der Waals surface area contributed by atoms with Crippen LogP contribution in [0.15, 0.2) is 35.0 Å². The predicted octanol–water partition coefficient (Wildman–Crippen LogP) is 2.83. The van der Waals surface area contributed by atoms with Crippen LogP contribution < -0.4 is 0 Å². The van der Waals surface area contributed by atoms with Crippen molar-refractivity contribution in [3.05, 3.63) is 65.1 Å². The molecular formula is C21H23N7O2. The van der Waals surface area contributed by atoms with E-state index < -0.39 is 6.04 Å². The minimum absolute atomic E-state index is 0.0103. The van der Waals surface area contributed by atoms with Crippen LogP contribution in [0.5, 0.6) is 0 Å². The Hall–Kier alpha value is -3.49. The van der Waals surface area contributed by atoms with Gasteiger partial charge in [-0.15, -0.1) is 10.2 Å². The Bertz CT molecular complexity index is 1240. The lowest BCUT2D eigenvalue weighted by Crippen LogP contribution is -2.41. The summed E-state index contributed by atoms with van der Waals surface area (Å²) in [5, 5.41) is 12.9. The quantitative estimate of drug-likeness (QED) is 0.550. The molecule has 0 saturated heterocycles. The number of hydrogen-bond acceptors (Lipinski definition) is 6. The van der Waals surface area contributed by atoms with E-state index in [-0.39, 0.29) is 17.2 Å². The van der Waals surface area contributed by atoms with Crippen molar-refractivity contribution in [2.75, 3.05) is 6.54 Å². The molecule has 1 aliphatic rings. The van der Waals surface area contributed by atoms with Crippen LogP contribution in [0.25, 0.3) is 5.52 Å². The van der Waals surface area contributed by atoms with Crippen LogP contribution in [0, 0.1) is 6.92 Å². The summed E-state index contributed by atoms with van der Waals surface area (Å²) < 4.78 is 7.61. The lowest BCUT2D eigenvalue weighted by atomic mass is 9.97. The molecule has 0 fully saturated rings. The largest absolute Gasteiger partial charge is 0.416 e. The van der Waals surface area contributed by atoms with E-state index in [1.165, 1.54) is 0 Å². The fourth-order valence-corrected chi connectivity index (χ4v) is 3.84. The highest BCUT2D eigenvalue weighted by atomic mass is 16.4. The van der Waals surface area contributed by atoms with Crippen molar-refractivity contribution in [1.82, 2.24) is 34.7 Å². The van der Waals surface area contributed by atoms with Gasteiger partial charge in [-0.05, 0) is 25.1 Å². The third-order valence-corrected chi connectivity index (χ3v) is 5.41. The third-order valence-electron chi connectivity index (χ3n) is 5.41. The molecule has 30 heavy (non-hydrogen) atoms. The third kappa shape index (κ3) is 2.89. The fraction of sp³-hybridized carbons (Fsp3) is 0.381. The molecule has 0 saturated carbocycles. The number of fused-ring (bicyclic) bond motifs is 2. The van der Waals surface area contributed by atoms with Crippen molar-refractivity contribution in [1.29, 1.82) is 0 Å². The molecule has 0 bridgehead atoms. The average molecular weight is 405 g/mol. The summed E-state index contributed by atoms with van der Waals surface area (Å²) in [4.78, 5) is 22.8. The van der Waals surface area contributed by atoms with Crippen molar-refractivity contribution in [3.63, 3.8) is 0 Å². The molecule has 5 heterocycles. The van der Waals surface area contributed by atoms with Gasteiger partial charge >= 0.3 is 11.8 Å². The summed E-state index contributed by atoms with van der Waals surface area (Å²) in [6.07, 6.45) is 2.33. The molecule has 0 radical (unpaired) electrons. The Kier molecular flexibility index (Phi) is 4.02. The topological polar surface area (TPSA) is 105 Å². The first kappa shape index (κ1) is 18.5. The first-order valence-corrected chi connectivity index (χ1v) is 9.95. The van der Waals surface area contributed by atoms with E-state index >= 15 is 0 Å². The number of imidazole rings is 1. The molecule has 4 aromatic heterocycles. The van der Waals surface area contributed by atoms with Crippen LogP contribution in [0.3, 0.4) is 0 Å². The maximum Gasteiger partial charge on any atom is 0.312 e. The minimum Gasteiger partial charge on any atom is -0.416 e. The second-order valence-electron chi connectivity index (χ2n) is 8.65. The number of rotatable bonds is 2. The molecule has 9 nitrogen and oxygen atoms in total. The molecule has 1 aliphatic heterocycles. The second-order valence-corrected chi connectivity index (χ2v) is 8.65. The number of nitrogens with one attached hydrogen (secondary N) is 1. The Labute approximate surface area is 173 Å². The number of hydrogen-bond donors (Lipinski definition) is 1. The van der Waals surface area contributed by atoms with Crippen LogP contribution in [0.4, 0.5) is 0 Å². The van der Waals surface area contributed by atoms with Crippen LogP contribution in [0.2, 0.25) is 0 Å². The highest BCUT2D eigenvalue weighted by Gasteiger charge is 2.38. The maximum absolute atomic E-state index is 13.4. The zero-order valence-corrected chi connectivity index (χ0v) is 17.4. The van der Waals surface area contributed by atoms with Crippen LogP contribution in [-0.4, -0.2) is 47.1 Å². The van der Waals surface area contributed by atoms with Gasteiger partial charge in [0.15, 0.2) is 0 Å². The van der Waals surface area contributed by atoms with E-state index in [2.05, 4.69) is 20.2 Å². The number of amides is 1. The van der Waals surface area contributed by atoms with Gasteiger partial charge in [0.25, 0.3) is 0 Å². The highest BCUT2D eigenvalue weighted by Crippen LogP contribution is 2.34. The number of pyridine rings is 1. The number of aromatic amines is 1. The first-order chi connectivity index (χ1) is 14.3. The van der Waals surface area contributed by atoms with E-state index in [4.69, 9.17) is 9.52 Å². The second kappa shape index (κ2) is 6.51. The summed E-state index contributed by atoms with van der Waals surface area (Å²) in [6.45, 7) is 8.40. The molecular weight excluding hydrogens is 382 g/mol. The number of aryl methyl sites for hydroxylation is 1. The van der Waals surface area contributed by atoms with E-state index in [1.807, 2.05) is 56.5 Å². The van der Waals surface area contributed by atoms with Crippen molar-refractivity contribution < 1.29 is 9.21 Å². The molecule has 1 unspecified atom stereocenters. The molecule has 4 aromatic rings. The Balaban J connectivity index is 1.59. The molecule has 0 aliphatic carbocycles. The van der Waals surface area contributed by atoms with E-state index in [1.54, 1.807) is 11.2 Å². The maximum atomic E-state index is 13.4. The Morgan fingerprint density at radius 2 is 2.10 bits per heavy atom. The van der Waals surface area contributed by atoms with Crippen LogP contribution in [0.1, 0.15) is 66.2 Å². The lowest BCUT2D eigenvalue weighted by molar-refractivity contribution is 0.0642. The fourth-order valence-electron chi connectivity index (χ4n) is 3.84. The van der Waals surface area contributed by atoms with Crippen LogP contribution in [-0.2, 0) is 11.8 Å². The van der Waals surface area contributed by atoms with Crippen molar-refractivity contribution in [2.24, 2.45) is 0 Å². The molecule has 1 amide bonds. The van der Waals surface area contributed by atoms with Gasteiger partial charge < -0.3 is 14.3 Å². The molecule has 1 atom stereocenters. The smallest absolute Gasteiger partial charge is 0.312 e. The van der Waals surface area contributed by atoms with Gasteiger partial charge in [-0.25, -0.2) is 9.50 Å². The monoisotopic (exact) mass is 405 g/mol. The lowest BCUT2D eigenvalue weighted by Gasteiger charge is -2.32. The van der Waals surface area contributed by atoms with Crippen molar-refractivity contribution in [3.8, 4) is 0 Å². The SMILES string of the molecule is Cc1cccc2cc(C3c4nc[nH]c4CCN3C(=O)c3nnc(C(C)(C)C)o3)nn12. The Morgan fingerprint density at radius 3 is 2.83 bits per heavy atom. The van der Waals surface area contributed by atoms with Gasteiger partial charge in [0.2, 0.25) is 5.89 Å². The molecule has 9 heteroatoms. The van der Waals surface area contributed by atoms with Gasteiger partial charge in [0.1, 0.15) is 6.04 Å². The van der Waals surface area contributed by atoms with Crippen molar-refractivity contribution >= 4 is 11.4 Å². The first-order valence-electron chi connectivity index (χ1n) is 9.95. The Morgan fingerprint density at radius 1 is 1.27 bits per heavy atom. The van der Waals surface area contributed by atoms with Crippen LogP contribution >= 0.6 is 0 Å². The average Bonchev–Trinajstić information content (AvgIpc) is 3.44. The highest BCUT2D eigenvalue weighted by molar-refractivity contribution is 5.90. The van der Waals surface area contributed by atoms with Crippen molar-refractivity contribution in [2.45, 2.75) is 45.6 Å². The minimum atomic E-state index is -0.434. The molecule has 0 spiro atoms. The molecule has 5 rings (SSSR count). The summed E-state index contributed by atoms with van der Waals surface area (Å²) >= 11 is 0. The van der Waals surface area contributed by atoms with E-state index in [0.717, 1.165) is 28.3 Å². The molecule has 1 N–H and O–H groups in total. The number of aromatic nitrogens is 6. The zero-order chi connectivity index (χ0) is 21.0. The normalized spacial score (nSPS) is 16.8. The summed E-state index contributed by atoms with van der Waals surface area (Å²) in [5.74, 6) is 0.109. The van der Waals surface area contributed by atoms with Gasteiger partial charge in [-0.3, -0.25) is 4.79 Å². The summed E-state index contributed by atoms with van der Waals surface area (Å²) in [7, 11) is 0. The molecule has 154 valence electrons. The van der Waals surface area contributed by atoms with E-state index in [0.29, 0.717) is 18.9 Å². The summed E-state index contributed by atoms with van der Waals surface area (Å²) in [6, 6.07) is 7.55. The van der Waals surface area contributed by atoms with E-state index in [9.17, 15) is 4.79 Å². The summed E-state index contributed by atoms with van der Waals surface area (Å²) in [5.41, 5.74) is 4.21. The standard InChI is InChI=1S/C21H23N7O2/c1-12-6-5-7-13-10-15(26-28(12)13)17-16-14(22-11-23-16)8-9-27(17)19(29)18-24-25-20(30-18)21(2,3)4/h5-7,10-11,17H,8-9H2,1-4H3,(H,22,23). The number of H-pyrrole nitrogens is 1. The van der Waals surface area contributed by atoms with Gasteiger partial charge in [-0.2, -0.15) is 5.10 Å². The molecule has 0 aromatic carbocycles. The zero-order valence-electron chi connectivity index (χ0n) is 17.4. The van der Waals surface area contributed by atoms with Gasteiger partial charge in [0.05, 0.1) is 23.2 Å². The van der Waals surface area contributed by atoms with Gasteiger partial charge in [-0.1, -0.05) is 26.8 Å². The van der Waals surface area contributed by atoms with Gasteiger partial charge in [0, 0.05) is 29.8 Å². The number of carbonyl (C=O) groups excluding carboxylic acids is 1.